The summed E-state index contributed by atoms with van der Waals surface area (Å²) in [5, 5.41) is 4.08. The summed E-state index contributed by atoms with van der Waals surface area (Å²) in [7, 11) is 1.96. The van der Waals surface area contributed by atoms with Gasteiger partial charge in [-0.3, -0.25) is 0 Å². The average Bonchev–Trinajstić information content (AvgIpc) is 2.81. The zero-order valence-electron chi connectivity index (χ0n) is 10.5. The standard InChI is InChI=1S/C14H13ClN4/c1-19-9-18-12-6-7-16-14(13(12)19)17-8-10-2-4-11(15)5-3-10/h2-7,9H,8H2,1H3,(H,16,17). The minimum atomic E-state index is 0.703. The summed E-state index contributed by atoms with van der Waals surface area (Å²) in [6.07, 6.45) is 3.55. The van der Waals surface area contributed by atoms with Gasteiger partial charge in [0, 0.05) is 24.8 Å². The number of fused-ring (bicyclic) bond motifs is 1. The van der Waals surface area contributed by atoms with E-state index >= 15 is 0 Å². The Kier molecular flexibility index (Phi) is 3.09. The Balaban J connectivity index is 1.85. The Labute approximate surface area is 116 Å². The molecule has 0 aliphatic rings. The van der Waals surface area contributed by atoms with Crippen molar-refractivity contribution in [1.29, 1.82) is 0 Å². The van der Waals surface area contributed by atoms with Crippen LogP contribution in [0.25, 0.3) is 11.0 Å². The molecular weight excluding hydrogens is 260 g/mol. The smallest absolute Gasteiger partial charge is 0.152 e. The van der Waals surface area contributed by atoms with E-state index in [2.05, 4.69) is 15.3 Å². The molecule has 0 radical (unpaired) electrons. The number of aryl methyl sites for hydroxylation is 1. The summed E-state index contributed by atoms with van der Waals surface area (Å²) in [5.74, 6) is 0.840. The van der Waals surface area contributed by atoms with Crippen LogP contribution < -0.4 is 5.32 Å². The summed E-state index contributed by atoms with van der Waals surface area (Å²) in [6.45, 7) is 0.703. The van der Waals surface area contributed by atoms with E-state index in [0.29, 0.717) is 6.54 Å². The zero-order valence-corrected chi connectivity index (χ0v) is 11.2. The maximum atomic E-state index is 5.87. The van der Waals surface area contributed by atoms with Crippen LogP contribution in [0.15, 0.2) is 42.9 Å². The van der Waals surface area contributed by atoms with Gasteiger partial charge in [-0.1, -0.05) is 23.7 Å². The highest BCUT2D eigenvalue weighted by Crippen LogP contribution is 2.20. The van der Waals surface area contributed by atoms with Crippen LogP contribution in [0.2, 0.25) is 5.02 Å². The molecule has 0 fully saturated rings. The molecule has 4 nitrogen and oxygen atoms in total. The van der Waals surface area contributed by atoms with Crippen LogP contribution in [-0.4, -0.2) is 14.5 Å². The molecule has 3 rings (SSSR count). The molecule has 0 spiro atoms. The lowest BCUT2D eigenvalue weighted by atomic mass is 10.2. The number of hydrogen-bond acceptors (Lipinski definition) is 3. The molecule has 0 aliphatic heterocycles. The molecule has 0 saturated heterocycles. The lowest BCUT2D eigenvalue weighted by molar-refractivity contribution is 0.942. The first-order valence-electron chi connectivity index (χ1n) is 5.98. The van der Waals surface area contributed by atoms with E-state index in [4.69, 9.17) is 11.6 Å². The first-order chi connectivity index (χ1) is 9.24. The molecule has 2 heterocycles. The third-order valence-electron chi connectivity index (χ3n) is 3.00. The van der Waals surface area contributed by atoms with Gasteiger partial charge in [-0.2, -0.15) is 0 Å². The molecule has 0 amide bonds. The van der Waals surface area contributed by atoms with Crippen LogP contribution in [0.4, 0.5) is 5.82 Å². The van der Waals surface area contributed by atoms with Gasteiger partial charge in [0.25, 0.3) is 0 Å². The summed E-state index contributed by atoms with van der Waals surface area (Å²) in [5.41, 5.74) is 3.11. The first-order valence-corrected chi connectivity index (χ1v) is 6.36. The maximum absolute atomic E-state index is 5.87. The highest BCUT2D eigenvalue weighted by Gasteiger charge is 2.06. The van der Waals surface area contributed by atoms with Gasteiger partial charge >= 0.3 is 0 Å². The van der Waals surface area contributed by atoms with Gasteiger partial charge in [0.2, 0.25) is 0 Å². The lowest BCUT2D eigenvalue weighted by Crippen LogP contribution is -2.03. The Morgan fingerprint density at radius 2 is 1.95 bits per heavy atom. The van der Waals surface area contributed by atoms with Crippen molar-refractivity contribution in [2.75, 3.05) is 5.32 Å². The number of nitrogens with one attached hydrogen (secondary N) is 1. The summed E-state index contributed by atoms with van der Waals surface area (Å²) in [6, 6.07) is 9.67. The molecule has 0 atom stereocenters. The van der Waals surface area contributed by atoms with Crippen molar-refractivity contribution in [2.45, 2.75) is 6.54 Å². The summed E-state index contributed by atoms with van der Waals surface area (Å²) < 4.78 is 1.96. The molecule has 0 aliphatic carbocycles. The molecule has 1 aromatic carbocycles. The minimum Gasteiger partial charge on any atom is -0.364 e. The number of imidazole rings is 1. The van der Waals surface area contributed by atoms with Gasteiger partial charge < -0.3 is 9.88 Å². The number of rotatable bonds is 3. The van der Waals surface area contributed by atoms with Gasteiger partial charge in [-0.05, 0) is 23.8 Å². The fraction of sp³-hybridized carbons (Fsp3) is 0.143. The van der Waals surface area contributed by atoms with E-state index in [1.165, 1.54) is 0 Å². The minimum absolute atomic E-state index is 0.703. The molecule has 19 heavy (non-hydrogen) atoms. The van der Waals surface area contributed by atoms with E-state index in [-0.39, 0.29) is 0 Å². The lowest BCUT2D eigenvalue weighted by Gasteiger charge is -2.08. The van der Waals surface area contributed by atoms with Gasteiger partial charge in [0.05, 0.1) is 11.8 Å². The number of pyridine rings is 1. The Hall–Kier alpha value is -2.07. The Bertz CT molecular complexity index is 703. The van der Waals surface area contributed by atoms with Gasteiger partial charge in [0.15, 0.2) is 5.82 Å². The van der Waals surface area contributed by atoms with Crippen LogP contribution >= 0.6 is 11.6 Å². The molecule has 0 unspecified atom stereocenters. The van der Waals surface area contributed by atoms with Gasteiger partial charge in [-0.15, -0.1) is 0 Å². The molecule has 1 N–H and O–H groups in total. The number of nitrogens with zero attached hydrogens (tertiary/aromatic N) is 3. The second-order valence-corrected chi connectivity index (χ2v) is 4.80. The van der Waals surface area contributed by atoms with Crippen molar-refractivity contribution in [2.24, 2.45) is 7.05 Å². The monoisotopic (exact) mass is 272 g/mol. The molecular formula is C14H13ClN4. The number of hydrogen-bond donors (Lipinski definition) is 1. The summed E-state index contributed by atoms with van der Waals surface area (Å²) in [4.78, 5) is 8.69. The topological polar surface area (TPSA) is 42.7 Å². The Morgan fingerprint density at radius 1 is 1.16 bits per heavy atom. The SMILES string of the molecule is Cn1cnc2ccnc(NCc3ccc(Cl)cc3)c21. The van der Waals surface area contributed by atoms with Crippen LogP contribution in [0.5, 0.6) is 0 Å². The van der Waals surface area contributed by atoms with Crippen LogP contribution in [0.1, 0.15) is 5.56 Å². The van der Waals surface area contributed by atoms with E-state index < -0.39 is 0 Å². The number of aromatic nitrogens is 3. The third-order valence-corrected chi connectivity index (χ3v) is 3.25. The van der Waals surface area contributed by atoms with Crippen molar-refractivity contribution in [1.82, 2.24) is 14.5 Å². The van der Waals surface area contributed by atoms with Gasteiger partial charge in [-0.25, -0.2) is 9.97 Å². The highest BCUT2D eigenvalue weighted by molar-refractivity contribution is 6.30. The van der Waals surface area contributed by atoms with Crippen molar-refractivity contribution >= 4 is 28.5 Å². The second-order valence-electron chi connectivity index (χ2n) is 4.36. The average molecular weight is 273 g/mol. The third kappa shape index (κ3) is 2.39. The van der Waals surface area contributed by atoms with E-state index in [9.17, 15) is 0 Å². The molecule has 0 bridgehead atoms. The summed E-state index contributed by atoms with van der Waals surface area (Å²) >= 11 is 5.87. The number of anilines is 1. The van der Waals surface area contributed by atoms with Gasteiger partial charge in [0.1, 0.15) is 5.52 Å². The van der Waals surface area contributed by atoms with Crippen molar-refractivity contribution in [3.05, 3.63) is 53.4 Å². The normalized spacial score (nSPS) is 10.8. The Morgan fingerprint density at radius 3 is 2.74 bits per heavy atom. The molecule has 5 heteroatoms. The fourth-order valence-corrected chi connectivity index (χ4v) is 2.15. The van der Waals surface area contributed by atoms with Crippen molar-refractivity contribution in [3.8, 4) is 0 Å². The molecule has 3 aromatic rings. The van der Waals surface area contributed by atoms with Crippen molar-refractivity contribution < 1.29 is 0 Å². The molecule has 0 saturated carbocycles. The predicted molar refractivity (Wildman–Crippen MR) is 77.3 cm³/mol. The zero-order chi connectivity index (χ0) is 13.2. The number of halogens is 1. The number of benzene rings is 1. The van der Waals surface area contributed by atoms with Crippen LogP contribution in [0.3, 0.4) is 0 Å². The van der Waals surface area contributed by atoms with Crippen molar-refractivity contribution in [3.63, 3.8) is 0 Å². The fourth-order valence-electron chi connectivity index (χ4n) is 2.02. The molecule has 96 valence electrons. The van der Waals surface area contributed by atoms with E-state index in [1.54, 1.807) is 12.5 Å². The molecule has 2 aromatic heterocycles. The highest BCUT2D eigenvalue weighted by atomic mass is 35.5. The van der Waals surface area contributed by atoms with E-state index in [0.717, 1.165) is 27.4 Å². The maximum Gasteiger partial charge on any atom is 0.152 e. The largest absolute Gasteiger partial charge is 0.364 e. The van der Waals surface area contributed by atoms with Crippen LogP contribution in [-0.2, 0) is 13.6 Å². The quantitative estimate of drug-likeness (QED) is 0.796. The van der Waals surface area contributed by atoms with Crippen LogP contribution in [0, 0.1) is 0 Å². The second kappa shape index (κ2) is 4.90. The predicted octanol–water partition coefficient (Wildman–Crippen LogP) is 3.23. The van der Waals surface area contributed by atoms with E-state index in [1.807, 2.05) is 41.9 Å². The first kappa shape index (κ1) is 12.0.